The number of methoxy groups -OCH3 is 2. The predicted octanol–water partition coefficient (Wildman–Crippen LogP) is 5.18. The number of carbonyl (C=O) groups is 3. The van der Waals surface area contributed by atoms with E-state index < -0.39 is 17.7 Å². The maximum atomic E-state index is 13.2. The minimum Gasteiger partial charge on any atom is -0.497 e. The maximum Gasteiger partial charge on any atom is 0.325 e. The molecule has 0 aromatic heterocycles. The minimum absolute atomic E-state index is 0.0376. The van der Waals surface area contributed by atoms with Gasteiger partial charge < -0.3 is 28.6 Å². The van der Waals surface area contributed by atoms with Crippen LogP contribution in [-0.4, -0.2) is 67.9 Å². The van der Waals surface area contributed by atoms with Gasteiger partial charge in [-0.15, -0.1) is 0 Å². The van der Waals surface area contributed by atoms with Crippen LogP contribution in [0, 0.1) is 11.8 Å². The van der Waals surface area contributed by atoms with E-state index in [1.54, 1.807) is 38.3 Å². The van der Waals surface area contributed by atoms with Crippen LogP contribution in [0.25, 0.3) is 0 Å². The first-order valence-electron chi connectivity index (χ1n) is 14.5. The predicted molar refractivity (Wildman–Crippen MR) is 159 cm³/mol. The number of ketones is 1. The molecule has 2 aliphatic rings. The molecular weight excluding hydrogens is 538 g/mol. The quantitative estimate of drug-likeness (QED) is 0.103. The van der Waals surface area contributed by atoms with Crippen molar-refractivity contribution in [2.75, 3.05) is 27.4 Å². The molecule has 0 N–H and O–H groups in total. The van der Waals surface area contributed by atoms with Crippen molar-refractivity contribution in [1.29, 1.82) is 0 Å². The van der Waals surface area contributed by atoms with E-state index in [9.17, 15) is 14.4 Å². The van der Waals surface area contributed by atoms with Gasteiger partial charge in [-0.3, -0.25) is 14.4 Å². The lowest BCUT2D eigenvalue weighted by Gasteiger charge is -2.50. The first-order chi connectivity index (χ1) is 19.9. The highest BCUT2D eigenvalue weighted by molar-refractivity contribution is 6.04. The first-order valence-corrected chi connectivity index (χ1v) is 14.5. The number of hydrogen-bond donors (Lipinski definition) is 0. The zero-order valence-corrected chi connectivity index (χ0v) is 26.1. The van der Waals surface area contributed by atoms with Crippen molar-refractivity contribution in [3.05, 3.63) is 59.2 Å². The Bertz CT molecular complexity index is 1230. The number of ether oxygens (including phenoxy) is 5. The Balaban J connectivity index is 1.67. The fourth-order valence-electron chi connectivity index (χ4n) is 5.41. The summed E-state index contributed by atoms with van der Waals surface area (Å²) in [4.78, 5) is 39.6. The molecule has 1 fully saturated rings. The summed E-state index contributed by atoms with van der Waals surface area (Å²) in [7, 11) is 3.06. The fourth-order valence-corrected chi connectivity index (χ4v) is 5.41. The molecule has 0 radical (unpaired) electrons. The minimum atomic E-state index is -0.715. The number of rotatable bonds is 13. The van der Waals surface area contributed by atoms with Crippen molar-refractivity contribution in [1.82, 2.24) is 4.90 Å². The van der Waals surface area contributed by atoms with Gasteiger partial charge in [0.25, 0.3) is 0 Å². The zero-order valence-electron chi connectivity index (χ0n) is 26.1. The summed E-state index contributed by atoms with van der Waals surface area (Å²) in [5.41, 5.74) is 2.64. The lowest BCUT2D eigenvalue weighted by atomic mass is 9.82. The molecule has 230 valence electrons. The van der Waals surface area contributed by atoms with Crippen LogP contribution in [-0.2, 0) is 35.1 Å². The standard InChI is InChI=1S/C33H45NO8/c1-9-40-31(37)20-34(19-25-12-14-27(38-7)18-29(25)39-8)30(36)17-26(35)13-10-21(2)16-22(3)32-24(5)28-15-11-23(4)33(6,41-28)42-32/h10-14,16,18,22,24,28,32H,9,15,17,19-20H2,1-8H3/b13-10+,21-16+/t22-,24+,28-,32-,33-/m1/s1. The molecule has 2 heterocycles. The van der Waals surface area contributed by atoms with Gasteiger partial charge in [0.15, 0.2) is 11.6 Å². The molecule has 0 spiro atoms. The number of fused-ring (bicyclic) bond motifs is 2. The van der Waals surface area contributed by atoms with E-state index in [2.05, 4.69) is 26.0 Å². The zero-order chi connectivity index (χ0) is 31.0. The Morgan fingerprint density at radius 1 is 1.17 bits per heavy atom. The van der Waals surface area contributed by atoms with Crippen molar-refractivity contribution >= 4 is 17.7 Å². The average molecular weight is 584 g/mol. The van der Waals surface area contributed by atoms with Crippen LogP contribution in [0.4, 0.5) is 0 Å². The number of allylic oxidation sites excluding steroid dienone is 3. The lowest BCUT2D eigenvalue weighted by molar-refractivity contribution is -0.318. The second-order valence-corrected chi connectivity index (χ2v) is 11.1. The molecule has 1 amide bonds. The van der Waals surface area contributed by atoms with Crippen LogP contribution in [0.1, 0.15) is 59.9 Å². The van der Waals surface area contributed by atoms with Crippen molar-refractivity contribution in [2.24, 2.45) is 11.8 Å². The highest BCUT2D eigenvalue weighted by atomic mass is 16.7. The molecule has 0 aliphatic carbocycles. The molecule has 3 rings (SSSR count). The van der Waals surface area contributed by atoms with Gasteiger partial charge in [0.05, 0.1) is 39.5 Å². The van der Waals surface area contributed by atoms with Gasteiger partial charge >= 0.3 is 5.97 Å². The van der Waals surface area contributed by atoms with Crippen LogP contribution >= 0.6 is 0 Å². The highest BCUT2D eigenvalue weighted by Crippen LogP contribution is 2.43. The Labute approximate surface area is 249 Å². The third kappa shape index (κ3) is 8.32. The summed E-state index contributed by atoms with van der Waals surface area (Å²) < 4.78 is 28.4. The number of nitrogens with zero attached hydrogens (tertiary/aromatic N) is 1. The normalized spacial score (nSPS) is 24.5. The Morgan fingerprint density at radius 2 is 1.90 bits per heavy atom. The molecule has 5 atom stereocenters. The summed E-state index contributed by atoms with van der Waals surface area (Å²) in [6, 6.07) is 5.20. The van der Waals surface area contributed by atoms with E-state index >= 15 is 0 Å². The van der Waals surface area contributed by atoms with E-state index in [1.807, 2.05) is 20.8 Å². The number of benzene rings is 1. The van der Waals surface area contributed by atoms with Crippen LogP contribution in [0.3, 0.4) is 0 Å². The second-order valence-electron chi connectivity index (χ2n) is 11.1. The molecule has 9 nitrogen and oxygen atoms in total. The molecule has 0 unspecified atom stereocenters. The lowest BCUT2D eigenvalue weighted by Crippen LogP contribution is -2.55. The third-order valence-electron chi connectivity index (χ3n) is 7.95. The van der Waals surface area contributed by atoms with Crippen molar-refractivity contribution < 1.29 is 38.1 Å². The molecule has 1 aromatic rings. The fraction of sp³-hybridized carbons (Fsp3) is 0.545. The second kappa shape index (κ2) is 14.6. The van der Waals surface area contributed by atoms with Crippen molar-refractivity contribution in [3.63, 3.8) is 0 Å². The maximum absolute atomic E-state index is 13.2. The molecule has 9 heteroatoms. The number of amides is 1. The molecular formula is C33H45NO8. The first kappa shape index (κ1) is 33.1. The van der Waals surface area contributed by atoms with Gasteiger partial charge in [-0.1, -0.05) is 37.6 Å². The van der Waals surface area contributed by atoms with E-state index in [1.165, 1.54) is 18.1 Å². The van der Waals surface area contributed by atoms with E-state index in [0.29, 0.717) is 17.1 Å². The SMILES string of the molecule is CCOC(=O)CN(Cc1ccc(OC)cc1OC)C(=O)CC(=O)/C=C/C(C)=C/[C@@H](C)[C@H]1O[C@@]2(C)O[C@H](CC=C2C)[C@@H]1C. The van der Waals surface area contributed by atoms with E-state index in [0.717, 1.165) is 17.6 Å². The van der Waals surface area contributed by atoms with Crippen molar-refractivity contribution in [2.45, 2.75) is 78.9 Å². The van der Waals surface area contributed by atoms with Gasteiger partial charge in [0, 0.05) is 30.0 Å². The van der Waals surface area contributed by atoms with Crippen LogP contribution in [0.5, 0.6) is 11.5 Å². The van der Waals surface area contributed by atoms with Gasteiger partial charge in [-0.05, 0) is 57.9 Å². The monoisotopic (exact) mass is 583 g/mol. The number of carbonyl (C=O) groups excluding carboxylic acids is 3. The Kier molecular flexibility index (Phi) is 11.5. The van der Waals surface area contributed by atoms with E-state index in [4.69, 9.17) is 23.7 Å². The summed E-state index contributed by atoms with van der Waals surface area (Å²) in [6.07, 6.45) is 7.96. The van der Waals surface area contributed by atoms with Gasteiger partial charge in [0.1, 0.15) is 18.0 Å². The smallest absolute Gasteiger partial charge is 0.325 e. The van der Waals surface area contributed by atoms with Gasteiger partial charge in [-0.2, -0.15) is 0 Å². The van der Waals surface area contributed by atoms with E-state index in [-0.39, 0.29) is 55.9 Å². The molecule has 42 heavy (non-hydrogen) atoms. The largest absolute Gasteiger partial charge is 0.497 e. The molecule has 1 aromatic carbocycles. The molecule has 1 saturated heterocycles. The summed E-state index contributed by atoms with van der Waals surface area (Å²) >= 11 is 0. The highest BCUT2D eigenvalue weighted by Gasteiger charge is 2.47. The van der Waals surface area contributed by atoms with Crippen LogP contribution in [0.15, 0.2) is 53.6 Å². The summed E-state index contributed by atoms with van der Waals surface area (Å²) in [6.45, 7) is 11.8. The van der Waals surface area contributed by atoms with Crippen LogP contribution < -0.4 is 9.47 Å². The summed E-state index contributed by atoms with van der Waals surface area (Å²) in [5.74, 6) is -0.734. The Morgan fingerprint density at radius 3 is 2.57 bits per heavy atom. The molecule has 0 saturated carbocycles. The third-order valence-corrected chi connectivity index (χ3v) is 7.95. The topological polar surface area (TPSA) is 101 Å². The Hall–Kier alpha value is -3.43. The molecule has 2 aliphatic heterocycles. The average Bonchev–Trinajstić information content (AvgIpc) is 2.95. The molecule has 2 bridgehead atoms. The van der Waals surface area contributed by atoms with Crippen LogP contribution in [0.2, 0.25) is 0 Å². The van der Waals surface area contributed by atoms with Crippen molar-refractivity contribution in [3.8, 4) is 11.5 Å². The summed E-state index contributed by atoms with van der Waals surface area (Å²) in [5, 5.41) is 0. The van der Waals surface area contributed by atoms with Gasteiger partial charge in [-0.25, -0.2) is 0 Å². The number of hydrogen-bond acceptors (Lipinski definition) is 8. The van der Waals surface area contributed by atoms with Gasteiger partial charge in [0.2, 0.25) is 5.91 Å². The number of esters is 1.